The summed E-state index contributed by atoms with van der Waals surface area (Å²) in [5.74, 6) is 0.976. The van der Waals surface area contributed by atoms with E-state index in [0.29, 0.717) is 53.0 Å². The van der Waals surface area contributed by atoms with Gasteiger partial charge in [-0.05, 0) is 138 Å². The minimum Gasteiger partial charge on any atom is -0.492 e. The van der Waals surface area contributed by atoms with Crippen molar-refractivity contribution in [2.45, 2.75) is 132 Å². The topological polar surface area (TPSA) is 120 Å². The van der Waals surface area contributed by atoms with Crippen molar-refractivity contribution >= 4 is 45.9 Å². The Kier molecular flexibility index (Phi) is 9.26. The van der Waals surface area contributed by atoms with Crippen molar-refractivity contribution in [2.75, 3.05) is 50.8 Å². The molecule has 2 saturated carbocycles. The fourth-order valence-electron chi connectivity index (χ4n) is 14.5. The lowest BCUT2D eigenvalue weighted by atomic mass is 9.59. The van der Waals surface area contributed by atoms with E-state index in [9.17, 15) is 19.2 Å². The highest BCUT2D eigenvalue weighted by atomic mass is 35.5. The van der Waals surface area contributed by atoms with Gasteiger partial charge >= 0.3 is 0 Å². The highest BCUT2D eigenvalue weighted by Crippen LogP contribution is 2.55. The Labute approximate surface area is 384 Å². The van der Waals surface area contributed by atoms with Gasteiger partial charge in [0.1, 0.15) is 17.6 Å². The number of benzene rings is 3. The number of ether oxygens (including phenoxy) is 1. The molecule has 2 aliphatic carbocycles. The Balaban J connectivity index is 0.621. The molecule has 0 bridgehead atoms. The van der Waals surface area contributed by atoms with Crippen LogP contribution in [0, 0.1) is 5.41 Å². The van der Waals surface area contributed by atoms with E-state index < -0.39 is 6.04 Å². The molecule has 3 aromatic carbocycles. The number of rotatable bonds is 4. The molecule has 13 heteroatoms. The van der Waals surface area contributed by atoms with Crippen molar-refractivity contribution in [2.24, 2.45) is 5.41 Å². The lowest BCUT2D eigenvalue weighted by Crippen LogP contribution is -2.58. The number of nitrogens with one attached hydrogen (secondary N) is 1. The van der Waals surface area contributed by atoms with Gasteiger partial charge in [-0.15, -0.1) is 0 Å². The molecule has 8 heterocycles. The molecule has 0 radical (unpaired) electrons. The maximum Gasteiger partial charge on any atom is 0.282 e. The van der Waals surface area contributed by atoms with Crippen molar-refractivity contribution in [3.63, 3.8) is 0 Å². The quantitative estimate of drug-likeness (QED) is 0.216. The van der Waals surface area contributed by atoms with Crippen molar-refractivity contribution in [3.05, 3.63) is 92.0 Å². The fourth-order valence-corrected chi connectivity index (χ4v) is 14.8. The Morgan fingerprint density at radius 1 is 0.769 bits per heavy atom. The number of halogens is 1. The number of amides is 3. The summed E-state index contributed by atoms with van der Waals surface area (Å²) < 4.78 is 8.74. The van der Waals surface area contributed by atoms with Gasteiger partial charge in [0.2, 0.25) is 11.8 Å². The zero-order chi connectivity index (χ0) is 43.8. The van der Waals surface area contributed by atoms with Gasteiger partial charge in [-0.2, -0.15) is 4.98 Å². The molecule has 3 spiro atoms. The molecule has 9 aliphatic rings. The molecular weight excluding hydrogens is 838 g/mol. The largest absolute Gasteiger partial charge is 0.492 e. The number of imide groups is 1. The Morgan fingerprint density at radius 3 is 2.28 bits per heavy atom. The number of piperidine rings is 4. The monoisotopic (exact) mass is 895 g/mol. The minimum absolute atomic E-state index is 0.0268. The summed E-state index contributed by atoms with van der Waals surface area (Å²) in [6, 6.07) is 17.6. The zero-order valence-corrected chi connectivity index (χ0v) is 38.0. The summed E-state index contributed by atoms with van der Waals surface area (Å²) in [6.07, 6.45) is 15.9. The lowest BCUT2D eigenvalue weighted by Gasteiger charge is -2.57. The Hall–Kier alpha value is -4.78. The van der Waals surface area contributed by atoms with Crippen LogP contribution in [0.5, 0.6) is 5.75 Å². The van der Waals surface area contributed by atoms with E-state index in [1.165, 1.54) is 80.5 Å². The molecule has 0 unspecified atom stereocenters. The zero-order valence-electron chi connectivity index (χ0n) is 37.2. The summed E-state index contributed by atoms with van der Waals surface area (Å²) in [7, 11) is 0. The molecule has 65 heavy (non-hydrogen) atoms. The third kappa shape index (κ3) is 6.10. The normalized spacial score (nSPS) is 26.0. The van der Waals surface area contributed by atoms with Gasteiger partial charge in [-0.3, -0.25) is 29.1 Å². The van der Waals surface area contributed by atoms with Crippen LogP contribution in [0.4, 0.5) is 5.69 Å². The number of hydrogen-bond acceptors (Lipinski definition) is 9. The third-order valence-electron chi connectivity index (χ3n) is 18.3. The van der Waals surface area contributed by atoms with Crippen molar-refractivity contribution < 1.29 is 19.1 Å². The van der Waals surface area contributed by atoms with Gasteiger partial charge in [0.15, 0.2) is 0 Å². The third-order valence-corrected chi connectivity index (χ3v) is 18.6. The van der Waals surface area contributed by atoms with Crippen molar-refractivity contribution in [1.29, 1.82) is 0 Å². The van der Waals surface area contributed by atoms with Gasteiger partial charge < -0.3 is 24.3 Å². The molecule has 1 N–H and O–H groups in total. The average Bonchev–Trinajstić information content (AvgIpc) is 3.93. The Morgan fingerprint density at radius 2 is 1.51 bits per heavy atom. The number of nitrogens with zero attached hydrogens (tertiary/aromatic N) is 6. The first-order valence-electron chi connectivity index (χ1n) is 24.7. The van der Waals surface area contributed by atoms with E-state index in [-0.39, 0.29) is 40.5 Å². The second-order valence-corrected chi connectivity index (χ2v) is 21.8. The van der Waals surface area contributed by atoms with Gasteiger partial charge in [-0.25, -0.2) is 0 Å². The number of hydrogen-bond donors (Lipinski definition) is 1. The van der Waals surface area contributed by atoms with Crippen LogP contribution in [-0.2, 0) is 27.0 Å². The predicted octanol–water partition coefficient (Wildman–Crippen LogP) is 7.00. The maximum atomic E-state index is 13.5. The molecule has 1 atom stereocenters. The molecule has 6 fully saturated rings. The number of fused-ring (bicyclic) bond motifs is 11. The molecule has 4 saturated heterocycles. The minimum atomic E-state index is -0.619. The van der Waals surface area contributed by atoms with E-state index in [1.807, 2.05) is 18.2 Å². The number of likely N-dealkylation sites (tertiary alicyclic amines) is 2. The first kappa shape index (κ1) is 40.5. The second-order valence-electron chi connectivity index (χ2n) is 21.3. The first-order chi connectivity index (χ1) is 31.6. The molecule has 3 amide bonds. The summed E-state index contributed by atoms with van der Waals surface area (Å²) >= 11 is 6.64. The molecule has 7 aliphatic heterocycles. The second kappa shape index (κ2) is 14.9. The van der Waals surface area contributed by atoms with E-state index >= 15 is 0 Å². The molecule has 13 rings (SSSR count). The first-order valence-corrected chi connectivity index (χ1v) is 25.0. The number of anilines is 1. The summed E-state index contributed by atoms with van der Waals surface area (Å²) in [4.78, 5) is 65.9. The van der Waals surface area contributed by atoms with Gasteiger partial charge in [0, 0.05) is 59.4 Å². The van der Waals surface area contributed by atoms with Crippen molar-refractivity contribution in [1.82, 2.24) is 29.6 Å². The molecule has 338 valence electrons. The van der Waals surface area contributed by atoms with Crippen LogP contribution in [0.1, 0.15) is 129 Å². The van der Waals surface area contributed by atoms with E-state index in [2.05, 4.69) is 48.8 Å². The average molecular weight is 897 g/mol. The smallest absolute Gasteiger partial charge is 0.282 e. The van der Waals surface area contributed by atoms with Gasteiger partial charge in [-0.1, -0.05) is 49.1 Å². The van der Waals surface area contributed by atoms with Crippen LogP contribution >= 0.6 is 11.6 Å². The summed E-state index contributed by atoms with van der Waals surface area (Å²) in [5.41, 5.74) is 7.44. The fraction of sp³-hybridized carbons (Fsp3) is 0.558. The SMILES string of the molecule is O=C1CC[C@H](N2Cc3c(ccc4c3OCC43CCN(C4CC5(CCN(C6CCN(c7ccc8c(c7)-n7c(nc(=O)c9c(Cl)cccc97)C87CCCCC7)CC6)CC5)C4)CC3)C2=O)C(=O)N1. The molecule has 1 aromatic heterocycles. The highest BCUT2D eigenvalue weighted by Gasteiger charge is 2.53. The lowest BCUT2D eigenvalue weighted by molar-refractivity contribution is -0.136. The molecular formula is C52H58ClN7O5. The van der Waals surface area contributed by atoms with Gasteiger partial charge in [0.05, 0.1) is 40.2 Å². The number of aromatic nitrogens is 2. The summed E-state index contributed by atoms with van der Waals surface area (Å²) in [5, 5.41) is 3.40. The number of carbonyl (C=O) groups excluding carboxylic acids is 3. The van der Waals surface area contributed by atoms with Crippen LogP contribution in [0.2, 0.25) is 5.02 Å². The van der Waals surface area contributed by atoms with Gasteiger partial charge in [0.25, 0.3) is 11.5 Å². The van der Waals surface area contributed by atoms with Crippen LogP contribution in [-0.4, -0.2) is 106 Å². The number of carbonyl (C=O) groups is 3. The van der Waals surface area contributed by atoms with Crippen LogP contribution in [0.15, 0.2) is 53.3 Å². The van der Waals surface area contributed by atoms with Crippen molar-refractivity contribution in [3.8, 4) is 11.4 Å². The van der Waals surface area contributed by atoms with Crippen LogP contribution in [0.3, 0.4) is 0 Å². The highest BCUT2D eigenvalue weighted by molar-refractivity contribution is 6.35. The molecule has 12 nitrogen and oxygen atoms in total. The summed E-state index contributed by atoms with van der Waals surface area (Å²) in [6.45, 7) is 7.68. The van der Waals surface area contributed by atoms with E-state index in [4.69, 9.17) is 21.3 Å². The van der Waals surface area contributed by atoms with Crippen LogP contribution < -0.4 is 20.5 Å². The van der Waals surface area contributed by atoms with E-state index in [0.717, 1.165) is 87.4 Å². The van der Waals surface area contributed by atoms with Crippen LogP contribution in [0.25, 0.3) is 16.6 Å². The van der Waals surface area contributed by atoms with E-state index in [1.54, 1.807) is 11.0 Å². The Bertz CT molecular complexity index is 2730. The standard InChI is InChI=1S/C52H58ClN7O5/c53-39-5-4-6-40-44(39)47(63)55-49-52(15-2-1-3-16-52)37-9-7-33(27-42(37)60(40)49)56-21-13-32(14-22-56)57-23-17-50(18-24-57)28-34(29-50)58-25-19-51(20-26-58)31-65-45-36-30-59(41-11-12-43(61)54-46(41)62)48(64)35(36)8-10-38(45)51/h4-10,27,32,34,41H,1-3,11-26,28-31H2,(H,54,61,62)/t41-/m0/s1. The maximum absolute atomic E-state index is 13.5. The predicted molar refractivity (Wildman–Crippen MR) is 248 cm³/mol. The molecule has 4 aromatic rings.